The maximum atomic E-state index is 11.2. The predicted octanol–water partition coefficient (Wildman–Crippen LogP) is 1.17. The predicted molar refractivity (Wildman–Crippen MR) is 68.3 cm³/mol. The highest BCUT2D eigenvalue weighted by Crippen LogP contribution is 2.13. The molecular weight excluding hydrogens is 238 g/mol. The minimum absolute atomic E-state index is 0.109. The number of aliphatic carboxylic acids is 1. The topological polar surface area (TPSA) is 66.4 Å². The van der Waals surface area contributed by atoms with E-state index in [1.54, 1.807) is 30.5 Å². The summed E-state index contributed by atoms with van der Waals surface area (Å²) >= 11 is 0. The van der Waals surface area contributed by atoms with Crippen LogP contribution >= 0.6 is 0 Å². The lowest BCUT2D eigenvalue weighted by Crippen LogP contribution is -2.38. The highest BCUT2D eigenvalue weighted by atomic mass is 32.2. The van der Waals surface area contributed by atoms with Crippen molar-refractivity contribution in [3.8, 4) is 0 Å². The summed E-state index contributed by atoms with van der Waals surface area (Å²) < 4.78 is 11.1. The molecule has 2 N–H and O–H groups in total. The van der Waals surface area contributed by atoms with Crippen LogP contribution in [0.15, 0.2) is 30.3 Å². The molecule has 1 aromatic carbocycles. The van der Waals surface area contributed by atoms with Crippen LogP contribution in [-0.4, -0.2) is 33.3 Å². The molecule has 0 heterocycles. The molecule has 1 aromatic rings. The largest absolute Gasteiger partial charge is 0.480 e. The van der Waals surface area contributed by atoms with Gasteiger partial charge in [-0.25, -0.2) is 0 Å². The number of carboxylic acid groups (broad SMARTS) is 1. The first-order chi connectivity index (χ1) is 8.00. The van der Waals surface area contributed by atoms with Crippen molar-refractivity contribution in [2.45, 2.75) is 19.0 Å². The molecule has 0 aromatic heterocycles. The second-order valence-electron chi connectivity index (χ2n) is 3.99. The monoisotopic (exact) mass is 255 g/mol. The van der Waals surface area contributed by atoms with E-state index in [4.69, 9.17) is 0 Å². The van der Waals surface area contributed by atoms with Gasteiger partial charge in [-0.2, -0.15) is 0 Å². The number of carbonyl (C=O) groups is 1. The number of carboxylic acids is 1. The van der Waals surface area contributed by atoms with Gasteiger partial charge in [-0.05, 0) is 12.5 Å². The molecule has 5 heteroatoms. The summed E-state index contributed by atoms with van der Waals surface area (Å²) in [6.07, 6.45) is 1.61. The summed E-state index contributed by atoms with van der Waals surface area (Å²) in [5, 5.41) is 12.1. The van der Waals surface area contributed by atoms with Crippen molar-refractivity contribution < 1.29 is 14.1 Å². The number of benzene rings is 1. The standard InChI is InChI=1S/C12H17NO3S/c1-9(8-17(2)16)13-11(12(14)15)10-6-4-3-5-7-10/h3-7,9,11,13H,8H2,1-2H3,(H,14,15). The van der Waals surface area contributed by atoms with Crippen molar-refractivity contribution >= 4 is 16.8 Å². The van der Waals surface area contributed by atoms with Crippen LogP contribution in [0, 0.1) is 0 Å². The maximum Gasteiger partial charge on any atom is 0.325 e. The Bertz CT molecular complexity index is 394. The van der Waals surface area contributed by atoms with Gasteiger partial charge < -0.3 is 5.11 Å². The molecule has 0 aliphatic rings. The fraction of sp³-hybridized carbons (Fsp3) is 0.417. The Labute approximate surface area is 104 Å². The third kappa shape index (κ3) is 4.66. The lowest BCUT2D eigenvalue weighted by atomic mass is 10.1. The van der Waals surface area contributed by atoms with E-state index in [0.29, 0.717) is 11.3 Å². The lowest BCUT2D eigenvalue weighted by molar-refractivity contribution is -0.139. The van der Waals surface area contributed by atoms with E-state index in [0.717, 1.165) is 0 Å². The summed E-state index contributed by atoms with van der Waals surface area (Å²) in [6, 6.07) is 8.11. The van der Waals surface area contributed by atoms with Gasteiger partial charge in [0.25, 0.3) is 0 Å². The fourth-order valence-corrected chi connectivity index (χ4v) is 2.44. The van der Waals surface area contributed by atoms with Gasteiger partial charge in [0.2, 0.25) is 0 Å². The van der Waals surface area contributed by atoms with Gasteiger partial charge in [-0.3, -0.25) is 14.3 Å². The molecule has 3 atom stereocenters. The average Bonchev–Trinajstić information content (AvgIpc) is 2.25. The van der Waals surface area contributed by atoms with Gasteiger partial charge in [0.05, 0.1) is 0 Å². The Morgan fingerprint density at radius 1 is 1.41 bits per heavy atom. The van der Waals surface area contributed by atoms with Crippen LogP contribution in [0.5, 0.6) is 0 Å². The minimum atomic E-state index is -0.937. The van der Waals surface area contributed by atoms with Crippen molar-refractivity contribution in [2.75, 3.05) is 12.0 Å². The molecule has 0 saturated heterocycles. The maximum absolute atomic E-state index is 11.2. The second kappa shape index (κ2) is 6.51. The fourth-order valence-electron chi connectivity index (χ4n) is 1.64. The van der Waals surface area contributed by atoms with Crippen molar-refractivity contribution in [3.05, 3.63) is 35.9 Å². The molecule has 0 aliphatic carbocycles. The Kier molecular flexibility index (Phi) is 5.31. The first-order valence-electron chi connectivity index (χ1n) is 5.34. The molecule has 17 heavy (non-hydrogen) atoms. The normalized spacial score (nSPS) is 16.1. The summed E-state index contributed by atoms with van der Waals surface area (Å²) in [4.78, 5) is 11.2. The molecule has 3 unspecified atom stereocenters. The van der Waals surface area contributed by atoms with Crippen LogP contribution < -0.4 is 5.32 Å². The van der Waals surface area contributed by atoms with E-state index < -0.39 is 22.8 Å². The van der Waals surface area contributed by atoms with Crippen LogP contribution in [0.2, 0.25) is 0 Å². The van der Waals surface area contributed by atoms with E-state index in [2.05, 4.69) is 5.32 Å². The number of nitrogens with one attached hydrogen (secondary N) is 1. The van der Waals surface area contributed by atoms with E-state index in [1.807, 2.05) is 13.0 Å². The zero-order valence-corrected chi connectivity index (χ0v) is 10.7. The van der Waals surface area contributed by atoms with Crippen LogP contribution in [0.1, 0.15) is 18.5 Å². The molecule has 0 bridgehead atoms. The molecule has 0 spiro atoms. The molecule has 0 radical (unpaired) electrons. The number of hydrogen-bond donors (Lipinski definition) is 2. The van der Waals surface area contributed by atoms with E-state index >= 15 is 0 Å². The van der Waals surface area contributed by atoms with Crippen molar-refractivity contribution in [3.63, 3.8) is 0 Å². The van der Waals surface area contributed by atoms with Gasteiger partial charge in [0, 0.05) is 28.9 Å². The molecule has 1 rings (SSSR count). The molecule has 0 amide bonds. The zero-order valence-electron chi connectivity index (χ0n) is 9.92. The Hall–Kier alpha value is -1.20. The first kappa shape index (κ1) is 13.9. The summed E-state index contributed by atoms with van der Waals surface area (Å²) in [6.45, 7) is 1.83. The van der Waals surface area contributed by atoms with Crippen molar-refractivity contribution in [2.24, 2.45) is 0 Å². The highest BCUT2D eigenvalue weighted by molar-refractivity contribution is 7.84. The summed E-state index contributed by atoms with van der Waals surface area (Å²) in [7, 11) is -0.937. The SMILES string of the molecule is CC(CS(C)=O)NC(C(=O)O)c1ccccc1. The van der Waals surface area contributed by atoms with Crippen LogP contribution in [0.3, 0.4) is 0 Å². The Balaban J connectivity index is 2.74. The third-order valence-electron chi connectivity index (χ3n) is 2.32. The molecule has 0 aliphatic heterocycles. The van der Waals surface area contributed by atoms with Crippen LogP contribution in [0.25, 0.3) is 0 Å². The number of hydrogen-bond acceptors (Lipinski definition) is 3. The first-order valence-corrected chi connectivity index (χ1v) is 7.07. The molecule has 0 fully saturated rings. The summed E-state index contributed by atoms with van der Waals surface area (Å²) in [5.41, 5.74) is 0.703. The molecule has 4 nitrogen and oxygen atoms in total. The average molecular weight is 255 g/mol. The lowest BCUT2D eigenvalue weighted by Gasteiger charge is -2.19. The molecule has 94 valence electrons. The van der Waals surface area contributed by atoms with Crippen LogP contribution in [-0.2, 0) is 15.6 Å². The third-order valence-corrected chi connectivity index (χ3v) is 3.29. The minimum Gasteiger partial charge on any atom is -0.480 e. The quantitative estimate of drug-likeness (QED) is 0.800. The van der Waals surface area contributed by atoms with Gasteiger partial charge in [-0.15, -0.1) is 0 Å². The highest BCUT2D eigenvalue weighted by Gasteiger charge is 2.21. The zero-order chi connectivity index (χ0) is 12.8. The van der Waals surface area contributed by atoms with Gasteiger partial charge in [0.15, 0.2) is 0 Å². The van der Waals surface area contributed by atoms with Gasteiger partial charge in [-0.1, -0.05) is 30.3 Å². The second-order valence-corrected chi connectivity index (χ2v) is 5.47. The van der Waals surface area contributed by atoms with E-state index in [1.165, 1.54) is 0 Å². The van der Waals surface area contributed by atoms with Crippen molar-refractivity contribution in [1.29, 1.82) is 0 Å². The van der Waals surface area contributed by atoms with Crippen LogP contribution in [0.4, 0.5) is 0 Å². The molecular formula is C12H17NO3S. The van der Waals surface area contributed by atoms with Gasteiger partial charge in [0.1, 0.15) is 6.04 Å². The Morgan fingerprint density at radius 2 is 2.00 bits per heavy atom. The van der Waals surface area contributed by atoms with E-state index in [-0.39, 0.29) is 6.04 Å². The van der Waals surface area contributed by atoms with Crippen molar-refractivity contribution in [1.82, 2.24) is 5.32 Å². The smallest absolute Gasteiger partial charge is 0.325 e. The summed E-state index contributed by atoms with van der Waals surface area (Å²) in [5.74, 6) is -0.485. The number of rotatable bonds is 6. The molecule has 0 saturated carbocycles. The Morgan fingerprint density at radius 3 is 2.47 bits per heavy atom. The van der Waals surface area contributed by atoms with E-state index in [9.17, 15) is 14.1 Å². The van der Waals surface area contributed by atoms with Gasteiger partial charge >= 0.3 is 5.97 Å².